The molecule has 0 bridgehead atoms. The molecule has 0 aliphatic rings. The van der Waals surface area contributed by atoms with Crippen LogP contribution in [0.25, 0.3) is 21.8 Å². The third-order valence-corrected chi connectivity index (χ3v) is 3.68. The number of thiophene rings is 1. The molecule has 0 saturated carbocycles. The fourth-order valence-electron chi connectivity index (χ4n) is 1.91. The van der Waals surface area contributed by atoms with Gasteiger partial charge >= 0.3 is 0 Å². The average molecular weight is 240 g/mol. The smallest absolute Gasteiger partial charge is 0.150 e. The van der Waals surface area contributed by atoms with Crippen LogP contribution in [0.5, 0.6) is 0 Å². The van der Waals surface area contributed by atoms with E-state index < -0.39 is 0 Å². The minimum absolute atomic E-state index is 1.03. The predicted molar refractivity (Wildman–Crippen MR) is 72.0 cm³/mol. The molecule has 0 spiro atoms. The Labute approximate surface area is 104 Å². The molecule has 3 rings (SSSR count). The summed E-state index contributed by atoms with van der Waals surface area (Å²) >= 11 is 1.73. The lowest BCUT2D eigenvalue weighted by Gasteiger charge is -2.04. The van der Waals surface area contributed by atoms with Gasteiger partial charge in [-0.3, -0.25) is 0 Å². The van der Waals surface area contributed by atoms with Gasteiger partial charge < -0.3 is 4.57 Å². The SMILES string of the molecule is Cn1ccnc1-c1sccc1-c1ccccc1. The van der Waals surface area contributed by atoms with E-state index >= 15 is 0 Å². The van der Waals surface area contributed by atoms with Gasteiger partial charge in [0, 0.05) is 25.0 Å². The number of aryl methyl sites for hydroxylation is 1. The lowest BCUT2D eigenvalue weighted by molar-refractivity contribution is 0.928. The lowest BCUT2D eigenvalue weighted by atomic mass is 10.1. The molecule has 0 amide bonds. The molecular weight excluding hydrogens is 228 g/mol. The molecular formula is C14H12N2S. The normalized spacial score (nSPS) is 10.6. The summed E-state index contributed by atoms with van der Waals surface area (Å²) in [5, 5.41) is 2.12. The van der Waals surface area contributed by atoms with Crippen LogP contribution in [0, 0.1) is 0 Å². The molecule has 2 aromatic heterocycles. The Morgan fingerprint density at radius 1 is 1.12 bits per heavy atom. The van der Waals surface area contributed by atoms with Crippen LogP contribution < -0.4 is 0 Å². The first kappa shape index (κ1) is 10.3. The van der Waals surface area contributed by atoms with Crippen LogP contribution >= 0.6 is 11.3 Å². The summed E-state index contributed by atoms with van der Waals surface area (Å²) in [7, 11) is 2.02. The molecule has 0 saturated heterocycles. The highest BCUT2D eigenvalue weighted by Crippen LogP contribution is 2.35. The van der Waals surface area contributed by atoms with E-state index in [1.165, 1.54) is 16.0 Å². The third kappa shape index (κ3) is 1.78. The summed E-state index contributed by atoms with van der Waals surface area (Å²) in [5.41, 5.74) is 2.50. The van der Waals surface area contributed by atoms with E-state index in [4.69, 9.17) is 0 Å². The van der Waals surface area contributed by atoms with E-state index in [0.717, 1.165) is 5.82 Å². The number of hydrogen-bond donors (Lipinski definition) is 0. The van der Waals surface area contributed by atoms with Crippen molar-refractivity contribution in [2.75, 3.05) is 0 Å². The third-order valence-electron chi connectivity index (χ3n) is 2.77. The molecule has 1 aromatic carbocycles. The minimum Gasteiger partial charge on any atom is -0.333 e. The maximum Gasteiger partial charge on any atom is 0.150 e. The van der Waals surface area contributed by atoms with Crippen molar-refractivity contribution in [1.29, 1.82) is 0 Å². The first-order chi connectivity index (χ1) is 8.36. The van der Waals surface area contributed by atoms with Crippen molar-refractivity contribution in [2.45, 2.75) is 0 Å². The maximum absolute atomic E-state index is 4.42. The van der Waals surface area contributed by atoms with Gasteiger partial charge in [-0.2, -0.15) is 0 Å². The fraction of sp³-hybridized carbons (Fsp3) is 0.0714. The molecule has 0 N–H and O–H groups in total. The van der Waals surface area contributed by atoms with Crippen molar-refractivity contribution in [3.63, 3.8) is 0 Å². The van der Waals surface area contributed by atoms with Gasteiger partial charge in [0.2, 0.25) is 0 Å². The topological polar surface area (TPSA) is 17.8 Å². The second kappa shape index (κ2) is 4.18. The monoisotopic (exact) mass is 240 g/mol. The quantitative estimate of drug-likeness (QED) is 0.666. The van der Waals surface area contributed by atoms with Crippen LogP contribution in [0.1, 0.15) is 0 Å². The minimum atomic E-state index is 1.03. The van der Waals surface area contributed by atoms with E-state index in [-0.39, 0.29) is 0 Å². The maximum atomic E-state index is 4.42. The molecule has 0 fully saturated rings. The van der Waals surface area contributed by atoms with Crippen LogP contribution in [0.4, 0.5) is 0 Å². The van der Waals surface area contributed by atoms with Crippen molar-refractivity contribution in [1.82, 2.24) is 9.55 Å². The zero-order valence-corrected chi connectivity index (χ0v) is 10.3. The Hall–Kier alpha value is -1.87. The number of hydrogen-bond acceptors (Lipinski definition) is 2. The molecule has 17 heavy (non-hydrogen) atoms. The molecule has 0 unspecified atom stereocenters. The van der Waals surface area contributed by atoms with Crippen LogP contribution in [-0.2, 0) is 7.05 Å². The van der Waals surface area contributed by atoms with E-state index in [2.05, 4.69) is 45.3 Å². The number of aromatic nitrogens is 2. The Kier molecular flexibility index (Phi) is 2.53. The van der Waals surface area contributed by atoms with E-state index in [1.54, 1.807) is 11.3 Å². The van der Waals surface area contributed by atoms with Gasteiger partial charge in [0.05, 0.1) is 4.88 Å². The predicted octanol–water partition coefficient (Wildman–Crippen LogP) is 3.82. The largest absolute Gasteiger partial charge is 0.333 e. The molecule has 3 heteroatoms. The van der Waals surface area contributed by atoms with Crippen molar-refractivity contribution in [3.05, 3.63) is 54.2 Å². The van der Waals surface area contributed by atoms with Crippen LogP contribution in [0.15, 0.2) is 54.2 Å². The van der Waals surface area contributed by atoms with Crippen molar-refractivity contribution >= 4 is 11.3 Å². The Morgan fingerprint density at radius 2 is 1.94 bits per heavy atom. The number of nitrogens with zero attached hydrogens (tertiary/aromatic N) is 2. The standard InChI is InChI=1S/C14H12N2S/c1-16-9-8-15-14(16)13-12(7-10-17-13)11-5-3-2-4-6-11/h2-10H,1H3. The second-order valence-electron chi connectivity index (χ2n) is 3.89. The molecule has 2 heterocycles. The van der Waals surface area contributed by atoms with E-state index in [9.17, 15) is 0 Å². The van der Waals surface area contributed by atoms with Gasteiger partial charge in [-0.05, 0) is 17.0 Å². The Bertz CT molecular complexity index is 622. The van der Waals surface area contributed by atoms with E-state index in [1.807, 2.05) is 25.5 Å². The van der Waals surface area contributed by atoms with Crippen LogP contribution in [-0.4, -0.2) is 9.55 Å². The van der Waals surface area contributed by atoms with Gasteiger partial charge in [0.25, 0.3) is 0 Å². The summed E-state index contributed by atoms with van der Waals surface area (Å²) in [4.78, 5) is 5.64. The number of rotatable bonds is 2. The number of benzene rings is 1. The van der Waals surface area contributed by atoms with Crippen molar-refractivity contribution in [3.8, 4) is 21.8 Å². The van der Waals surface area contributed by atoms with Gasteiger partial charge in [-0.1, -0.05) is 30.3 Å². The molecule has 2 nitrogen and oxygen atoms in total. The van der Waals surface area contributed by atoms with Gasteiger partial charge in [-0.15, -0.1) is 11.3 Å². The summed E-state index contributed by atoms with van der Waals surface area (Å²) in [5.74, 6) is 1.03. The average Bonchev–Trinajstić information content (AvgIpc) is 2.98. The molecule has 0 aliphatic carbocycles. The van der Waals surface area contributed by atoms with E-state index in [0.29, 0.717) is 0 Å². The Balaban J connectivity index is 2.16. The van der Waals surface area contributed by atoms with Gasteiger partial charge in [0.1, 0.15) is 5.82 Å². The highest BCUT2D eigenvalue weighted by Gasteiger charge is 2.11. The molecule has 3 aromatic rings. The second-order valence-corrected chi connectivity index (χ2v) is 4.81. The van der Waals surface area contributed by atoms with Gasteiger partial charge in [0.15, 0.2) is 0 Å². The van der Waals surface area contributed by atoms with Crippen molar-refractivity contribution < 1.29 is 0 Å². The summed E-state index contributed by atoms with van der Waals surface area (Å²) in [6.07, 6.45) is 3.81. The molecule has 0 radical (unpaired) electrons. The zero-order valence-electron chi connectivity index (χ0n) is 9.50. The zero-order chi connectivity index (χ0) is 11.7. The van der Waals surface area contributed by atoms with Gasteiger partial charge in [-0.25, -0.2) is 4.98 Å². The first-order valence-electron chi connectivity index (χ1n) is 5.47. The fourth-order valence-corrected chi connectivity index (χ4v) is 2.87. The first-order valence-corrected chi connectivity index (χ1v) is 6.35. The summed E-state index contributed by atoms with van der Waals surface area (Å²) in [6, 6.07) is 12.6. The molecule has 84 valence electrons. The summed E-state index contributed by atoms with van der Waals surface area (Å²) in [6.45, 7) is 0. The lowest BCUT2D eigenvalue weighted by Crippen LogP contribution is -1.90. The number of imidazole rings is 1. The van der Waals surface area contributed by atoms with Crippen LogP contribution in [0.3, 0.4) is 0 Å². The molecule has 0 atom stereocenters. The Morgan fingerprint density at radius 3 is 2.65 bits per heavy atom. The van der Waals surface area contributed by atoms with Crippen LogP contribution in [0.2, 0.25) is 0 Å². The highest BCUT2D eigenvalue weighted by molar-refractivity contribution is 7.14. The summed E-state index contributed by atoms with van der Waals surface area (Å²) < 4.78 is 2.05. The highest BCUT2D eigenvalue weighted by atomic mass is 32.1. The molecule has 0 aliphatic heterocycles. The van der Waals surface area contributed by atoms with Crippen molar-refractivity contribution in [2.24, 2.45) is 7.05 Å².